The summed E-state index contributed by atoms with van der Waals surface area (Å²) in [5.74, 6) is 0.494. The summed E-state index contributed by atoms with van der Waals surface area (Å²) in [4.78, 5) is 29.4. The number of likely N-dealkylation sites (tertiary alicyclic amines) is 1. The minimum atomic E-state index is -0.140. The average Bonchev–Trinajstić information content (AvgIpc) is 3.25. The molecule has 1 saturated heterocycles. The third-order valence-electron chi connectivity index (χ3n) is 5.04. The van der Waals surface area contributed by atoms with Gasteiger partial charge in [0.15, 0.2) is 5.69 Å². The Morgan fingerprint density at radius 2 is 1.97 bits per heavy atom. The molecular weight excluding hydrogens is 392 g/mol. The van der Waals surface area contributed by atoms with Crippen LogP contribution in [-0.4, -0.2) is 59.4 Å². The molecule has 29 heavy (non-hydrogen) atoms. The highest BCUT2D eigenvalue weighted by molar-refractivity contribution is 6.29. The van der Waals surface area contributed by atoms with Gasteiger partial charge in [-0.2, -0.15) is 10.2 Å². The fourth-order valence-corrected chi connectivity index (χ4v) is 3.64. The summed E-state index contributed by atoms with van der Waals surface area (Å²) in [7, 11) is 0. The number of piperidine rings is 1. The zero-order valence-electron chi connectivity index (χ0n) is 16.2. The van der Waals surface area contributed by atoms with Gasteiger partial charge in [0, 0.05) is 24.8 Å². The summed E-state index contributed by atoms with van der Waals surface area (Å²) in [6.45, 7) is 4.61. The number of nitrogens with zero attached hydrogens (tertiary/aromatic N) is 7. The highest BCUT2D eigenvalue weighted by atomic mass is 35.5. The second kappa shape index (κ2) is 8.12. The molecule has 0 aromatic carbocycles. The van der Waals surface area contributed by atoms with E-state index in [1.807, 2.05) is 24.8 Å². The average molecular weight is 413 g/mol. The second-order valence-electron chi connectivity index (χ2n) is 7.06. The number of aromatic nitrogens is 6. The monoisotopic (exact) mass is 412 g/mol. The molecule has 0 spiro atoms. The van der Waals surface area contributed by atoms with Crippen molar-refractivity contribution in [3.8, 4) is 5.69 Å². The largest absolute Gasteiger partial charge is 0.364 e. The Hall–Kier alpha value is -3.07. The van der Waals surface area contributed by atoms with Crippen LogP contribution in [0, 0.1) is 6.92 Å². The molecule has 0 radical (unpaired) electrons. The van der Waals surface area contributed by atoms with Crippen molar-refractivity contribution in [2.45, 2.75) is 38.8 Å². The molecule has 3 aromatic rings. The maximum atomic E-state index is 13.4. The summed E-state index contributed by atoms with van der Waals surface area (Å²) < 4.78 is 0. The lowest BCUT2D eigenvalue weighted by Crippen LogP contribution is -2.52. The van der Waals surface area contributed by atoms with Crippen molar-refractivity contribution in [2.75, 3.05) is 11.9 Å². The Morgan fingerprint density at radius 1 is 1.17 bits per heavy atom. The first-order valence-corrected chi connectivity index (χ1v) is 9.79. The van der Waals surface area contributed by atoms with Gasteiger partial charge in [0.1, 0.15) is 16.7 Å². The number of aryl methyl sites for hydroxylation is 1. The molecule has 3 aromatic heterocycles. The first kappa shape index (κ1) is 19.3. The number of halogens is 1. The first-order valence-electron chi connectivity index (χ1n) is 9.41. The normalized spacial score (nSPS) is 19.2. The van der Waals surface area contributed by atoms with Crippen LogP contribution in [0.5, 0.6) is 0 Å². The van der Waals surface area contributed by atoms with Gasteiger partial charge >= 0.3 is 0 Å². The van der Waals surface area contributed by atoms with Crippen LogP contribution >= 0.6 is 11.6 Å². The Labute approximate surface area is 173 Å². The van der Waals surface area contributed by atoms with Gasteiger partial charge in [0.2, 0.25) is 0 Å². The smallest absolute Gasteiger partial charge is 0.275 e. The third-order valence-corrected chi connectivity index (χ3v) is 5.24. The minimum Gasteiger partial charge on any atom is -0.364 e. The van der Waals surface area contributed by atoms with E-state index in [4.69, 9.17) is 11.6 Å². The van der Waals surface area contributed by atoms with Gasteiger partial charge in [-0.25, -0.2) is 15.0 Å². The minimum absolute atomic E-state index is 0.0416. The number of nitrogens with one attached hydrogen (secondary N) is 1. The number of carbonyl (C=O) groups is 1. The van der Waals surface area contributed by atoms with Crippen molar-refractivity contribution in [3.05, 3.63) is 53.5 Å². The van der Waals surface area contributed by atoms with Crippen LogP contribution in [0.4, 0.5) is 5.82 Å². The number of pyridine rings is 1. The molecule has 1 aliphatic heterocycles. The summed E-state index contributed by atoms with van der Waals surface area (Å²) in [5, 5.41) is 12.0. The van der Waals surface area contributed by atoms with E-state index in [-0.39, 0.29) is 18.0 Å². The molecule has 4 heterocycles. The molecule has 10 heteroatoms. The van der Waals surface area contributed by atoms with E-state index in [2.05, 4.69) is 30.5 Å². The van der Waals surface area contributed by atoms with Crippen molar-refractivity contribution in [2.24, 2.45) is 0 Å². The van der Waals surface area contributed by atoms with E-state index < -0.39 is 0 Å². The summed E-state index contributed by atoms with van der Waals surface area (Å²) >= 11 is 5.81. The maximum Gasteiger partial charge on any atom is 0.275 e. The number of anilines is 1. The SMILES string of the molecule is Cc1cnc(C(=O)N2CCCC(Nc3cnc(Cl)cn3)C2C)c(-n2nccn2)c1. The number of hydrogen-bond acceptors (Lipinski definition) is 7. The fourth-order valence-electron chi connectivity index (χ4n) is 3.55. The molecular formula is C19H21ClN8O. The second-order valence-corrected chi connectivity index (χ2v) is 7.44. The molecule has 1 N–H and O–H groups in total. The van der Waals surface area contributed by atoms with Gasteiger partial charge in [-0.05, 0) is 38.3 Å². The van der Waals surface area contributed by atoms with Crippen molar-refractivity contribution in [1.29, 1.82) is 0 Å². The number of carbonyl (C=O) groups excluding carboxylic acids is 1. The van der Waals surface area contributed by atoms with Crippen LogP contribution in [-0.2, 0) is 0 Å². The van der Waals surface area contributed by atoms with Crippen LogP contribution in [0.2, 0.25) is 5.15 Å². The standard InChI is InChI=1S/C19H21ClN8O/c1-12-8-15(28-24-5-6-25-28)18(23-9-12)19(29)27-7-3-4-14(13(27)2)26-17-11-21-16(20)10-22-17/h5-6,8-11,13-14H,3-4,7H2,1-2H3,(H,22,26). The zero-order valence-corrected chi connectivity index (χ0v) is 16.9. The molecule has 2 unspecified atom stereocenters. The Balaban J connectivity index is 1.58. The molecule has 0 aliphatic carbocycles. The number of amides is 1. The van der Waals surface area contributed by atoms with Gasteiger partial charge < -0.3 is 10.2 Å². The van der Waals surface area contributed by atoms with Crippen molar-refractivity contribution < 1.29 is 4.79 Å². The molecule has 1 amide bonds. The molecule has 0 saturated carbocycles. The van der Waals surface area contributed by atoms with Gasteiger partial charge in [-0.3, -0.25) is 4.79 Å². The Kier molecular flexibility index (Phi) is 5.39. The lowest BCUT2D eigenvalue weighted by atomic mass is 9.96. The van der Waals surface area contributed by atoms with E-state index in [1.165, 1.54) is 11.0 Å². The molecule has 2 atom stereocenters. The topological polar surface area (TPSA) is 102 Å². The van der Waals surface area contributed by atoms with Crippen LogP contribution < -0.4 is 5.32 Å². The number of rotatable bonds is 4. The zero-order chi connectivity index (χ0) is 20.4. The predicted molar refractivity (Wildman–Crippen MR) is 108 cm³/mol. The van der Waals surface area contributed by atoms with Gasteiger partial charge in [-0.1, -0.05) is 11.6 Å². The van der Waals surface area contributed by atoms with Gasteiger partial charge in [0.25, 0.3) is 5.91 Å². The molecule has 0 bridgehead atoms. The van der Waals surface area contributed by atoms with Gasteiger partial charge in [0.05, 0.1) is 24.8 Å². The van der Waals surface area contributed by atoms with E-state index >= 15 is 0 Å². The lowest BCUT2D eigenvalue weighted by molar-refractivity contribution is 0.0610. The summed E-state index contributed by atoms with van der Waals surface area (Å²) in [6.07, 6.45) is 9.73. The number of hydrogen-bond donors (Lipinski definition) is 1. The molecule has 1 aliphatic rings. The predicted octanol–water partition coefficient (Wildman–Crippen LogP) is 2.52. The first-order chi connectivity index (χ1) is 14.0. The van der Waals surface area contributed by atoms with Crippen molar-refractivity contribution in [1.82, 2.24) is 34.8 Å². The molecule has 4 rings (SSSR count). The quantitative estimate of drug-likeness (QED) is 0.702. The highest BCUT2D eigenvalue weighted by Crippen LogP contribution is 2.24. The van der Waals surface area contributed by atoms with E-state index in [1.54, 1.807) is 24.8 Å². The Bertz CT molecular complexity index is 992. The molecule has 9 nitrogen and oxygen atoms in total. The van der Waals surface area contributed by atoms with Crippen LogP contribution in [0.3, 0.4) is 0 Å². The van der Waals surface area contributed by atoms with Gasteiger partial charge in [-0.15, -0.1) is 4.80 Å². The van der Waals surface area contributed by atoms with Crippen molar-refractivity contribution in [3.63, 3.8) is 0 Å². The van der Waals surface area contributed by atoms with E-state index in [0.29, 0.717) is 28.9 Å². The molecule has 150 valence electrons. The van der Waals surface area contributed by atoms with E-state index in [0.717, 1.165) is 18.4 Å². The summed E-state index contributed by atoms with van der Waals surface area (Å²) in [5.41, 5.74) is 1.85. The third kappa shape index (κ3) is 4.04. The van der Waals surface area contributed by atoms with Crippen LogP contribution in [0.1, 0.15) is 35.8 Å². The summed E-state index contributed by atoms with van der Waals surface area (Å²) in [6, 6.07) is 1.85. The molecule has 1 fully saturated rings. The lowest BCUT2D eigenvalue weighted by Gasteiger charge is -2.39. The maximum absolute atomic E-state index is 13.4. The van der Waals surface area contributed by atoms with Crippen LogP contribution in [0.15, 0.2) is 37.1 Å². The fraction of sp³-hybridized carbons (Fsp3) is 0.368. The van der Waals surface area contributed by atoms with Crippen molar-refractivity contribution >= 4 is 23.3 Å². The Morgan fingerprint density at radius 3 is 2.69 bits per heavy atom. The highest BCUT2D eigenvalue weighted by Gasteiger charge is 2.33. The van der Waals surface area contributed by atoms with Crippen LogP contribution in [0.25, 0.3) is 5.69 Å². The van der Waals surface area contributed by atoms with E-state index in [9.17, 15) is 4.79 Å².